The molecule has 3 rings (SSSR count). The van der Waals surface area contributed by atoms with Gasteiger partial charge in [0.2, 0.25) is 10.0 Å². The third-order valence-electron chi connectivity index (χ3n) is 4.45. The summed E-state index contributed by atoms with van der Waals surface area (Å²) in [6, 6.07) is 9.59. The molecule has 2 aromatic rings. The molecule has 5 nitrogen and oxygen atoms in total. The van der Waals surface area contributed by atoms with E-state index in [-0.39, 0.29) is 0 Å². The van der Waals surface area contributed by atoms with Crippen molar-refractivity contribution >= 4 is 10.0 Å². The fourth-order valence-electron chi connectivity index (χ4n) is 3.00. The van der Waals surface area contributed by atoms with Gasteiger partial charge in [-0.15, -0.1) is 0 Å². The number of rotatable bonds is 4. The van der Waals surface area contributed by atoms with E-state index in [1.165, 1.54) is 5.56 Å². The monoisotopic (exact) mass is 345 g/mol. The van der Waals surface area contributed by atoms with Gasteiger partial charge in [-0.1, -0.05) is 12.1 Å². The van der Waals surface area contributed by atoms with E-state index in [9.17, 15) is 8.42 Å². The molecule has 1 aromatic heterocycles. The Bertz CT molecular complexity index is 798. The van der Waals surface area contributed by atoms with Crippen LogP contribution in [0.4, 0.5) is 0 Å². The van der Waals surface area contributed by atoms with Crippen LogP contribution in [-0.2, 0) is 16.6 Å². The Morgan fingerprint density at radius 1 is 1.00 bits per heavy atom. The van der Waals surface area contributed by atoms with Gasteiger partial charge in [-0.05, 0) is 48.7 Å². The molecule has 2 heterocycles. The van der Waals surface area contributed by atoms with Crippen LogP contribution in [0.5, 0.6) is 0 Å². The van der Waals surface area contributed by atoms with E-state index in [1.54, 1.807) is 22.8 Å². The summed E-state index contributed by atoms with van der Waals surface area (Å²) in [7, 11) is -3.41. The topological polar surface area (TPSA) is 53.5 Å². The number of sulfonamides is 1. The first-order chi connectivity index (χ1) is 11.5. The maximum Gasteiger partial charge on any atom is 0.243 e. The van der Waals surface area contributed by atoms with Crippen LogP contribution in [0.3, 0.4) is 0 Å². The fourth-order valence-corrected chi connectivity index (χ4v) is 4.73. The lowest BCUT2D eigenvalue weighted by molar-refractivity contribution is 0.181. The second kappa shape index (κ2) is 7.01. The van der Waals surface area contributed by atoms with Crippen molar-refractivity contribution in [3.05, 3.63) is 59.4 Å². The summed E-state index contributed by atoms with van der Waals surface area (Å²) in [5.41, 5.74) is 2.98. The van der Waals surface area contributed by atoms with Crippen molar-refractivity contribution in [1.82, 2.24) is 14.2 Å². The molecule has 1 fully saturated rings. The predicted octanol–water partition coefficient (Wildman–Crippen LogP) is 2.20. The molecular weight excluding hydrogens is 322 g/mol. The van der Waals surface area contributed by atoms with Crippen LogP contribution in [0.15, 0.2) is 47.6 Å². The van der Waals surface area contributed by atoms with Gasteiger partial charge in [0.15, 0.2) is 0 Å². The average Bonchev–Trinajstić information content (AvgIpc) is 2.58. The Morgan fingerprint density at radius 2 is 1.67 bits per heavy atom. The zero-order valence-corrected chi connectivity index (χ0v) is 15.0. The number of aryl methyl sites for hydroxylation is 2. The maximum atomic E-state index is 12.9. The van der Waals surface area contributed by atoms with Crippen LogP contribution in [0, 0.1) is 13.8 Å². The largest absolute Gasteiger partial charge is 0.296 e. The standard InChI is InChI=1S/C18H23N3O2S/c1-15-3-4-16(2)18(13-15)24(22,23)21-11-9-20(10-12-21)14-17-5-7-19-8-6-17/h3-8,13H,9-12,14H2,1-2H3. The molecule has 0 aliphatic carbocycles. The van der Waals surface area contributed by atoms with Crippen LogP contribution < -0.4 is 0 Å². The summed E-state index contributed by atoms with van der Waals surface area (Å²) in [6.07, 6.45) is 3.58. The van der Waals surface area contributed by atoms with Crippen LogP contribution in [-0.4, -0.2) is 48.8 Å². The predicted molar refractivity (Wildman–Crippen MR) is 94.2 cm³/mol. The van der Waals surface area contributed by atoms with Crippen molar-refractivity contribution < 1.29 is 8.42 Å². The molecule has 1 aliphatic heterocycles. The lowest BCUT2D eigenvalue weighted by atomic mass is 10.2. The molecule has 0 spiro atoms. The molecule has 128 valence electrons. The summed E-state index contributed by atoms with van der Waals surface area (Å²) in [6.45, 7) is 7.15. The highest BCUT2D eigenvalue weighted by atomic mass is 32.2. The number of piperazine rings is 1. The molecule has 1 aromatic carbocycles. The molecule has 0 radical (unpaired) electrons. The van der Waals surface area contributed by atoms with Gasteiger partial charge in [0, 0.05) is 45.1 Å². The molecule has 0 saturated carbocycles. The first-order valence-corrected chi connectivity index (χ1v) is 9.59. The summed E-state index contributed by atoms with van der Waals surface area (Å²) in [5.74, 6) is 0. The molecule has 6 heteroatoms. The Hall–Kier alpha value is -1.76. The van der Waals surface area contributed by atoms with Gasteiger partial charge in [-0.3, -0.25) is 9.88 Å². The highest BCUT2D eigenvalue weighted by molar-refractivity contribution is 7.89. The minimum atomic E-state index is -3.41. The summed E-state index contributed by atoms with van der Waals surface area (Å²) >= 11 is 0. The fraction of sp³-hybridized carbons (Fsp3) is 0.389. The molecule has 0 N–H and O–H groups in total. The van der Waals surface area contributed by atoms with Gasteiger partial charge in [0.25, 0.3) is 0 Å². The van der Waals surface area contributed by atoms with E-state index in [0.29, 0.717) is 18.0 Å². The highest BCUT2D eigenvalue weighted by Gasteiger charge is 2.29. The van der Waals surface area contributed by atoms with E-state index in [0.717, 1.165) is 30.8 Å². The van der Waals surface area contributed by atoms with E-state index in [1.807, 2.05) is 38.1 Å². The number of benzene rings is 1. The van der Waals surface area contributed by atoms with E-state index in [2.05, 4.69) is 9.88 Å². The molecule has 1 saturated heterocycles. The van der Waals surface area contributed by atoms with E-state index >= 15 is 0 Å². The quantitative estimate of drug-likeness (QED) is 0.852. The zero-order valence-electron chi connectivity index (χ0n) is 14.1. The maximum absolute atomic E-state index is 12.9. The van der Waals surface area contributed by atoms with Gasteiger partial charge in [0.05, 0.1) is 4.90 Å². The number of hydrogen-bond donors (Lipinski definition) is 0. The molecule has 24 heavy (non-hydrogen) atoms. The van der Waals surface area contributed by atoms with Crippen LogP contribution in [0.1, 0.15) is 16.7 Å². The number of pyridine rings is 1. The second-order valence-corrected chi connectivity index (χ2v) is 8.21. The lowest BCUT2D eigenvalue weighted by Crippen LogP contribution is -2.48. The van der Waals surface area contributed by atoms with Crippen LogP contribution >= 0.6 is 0 Å². The SMILES string of the molecule is Cc1ccc(C)c(S(=O)(=O)N2CCN(Cc3ccncc3)CC2)c1. The van der Waals surface area contributed by atoms with Crippen molar-refractivity contribution in [2.45, 2.75) is 25.3 Å². The van der Waals surface area contributed by atoms with Crippen LogP contribution in [0.2, 0.25) is 0 Å². The van der Waals surface area contributed by atoms with Gasteiger partial charge in [-0.25, -0.2) is 8.42 Å². The number of hydrogen-bond acceptors (Lipinski definition) is 4. The van der Waals surface area contributed by atoms with Gasteiger partial charge in [-0.2, -0.15) is 4.31 Å². The molecule has 0 atom stereocenters. The minimum absolute atomic E-state index is 0.435. The Morgan fingerprint density at radius 3 is 2.33 bits per heavy atom. The van der Waals surface area contributed by atoms with Crippen LogP contribution in [0.25, 0.3) is 0 Å². The molecule has 0 unspecified atom stereocenters. The molecule has 0 amide bonds. The van der Waals surface area contributed by atoms with Crippen molar-refractivity contribution in [1.29, 1.82) is 0 Å². The Balaban J connectivity index is 1.68. The molecule has 0 bridgehead atoms. The summed E-state index contributed by atoms with van der Waals surface area (Å²) in [4.78, 5) is 6.74. The normalized spacial score (nSPS) is 17.1. The van der Waals surface area contributed by atoms with Crippen molar-refractivity contribution in [2.24, 2.45) is 0 Å². The van der Waals surface area contributed by atoms with Gasteiger partial charge < -0.3 is 0 Å². The van der Waals surface area contributed by atoms with Gasteiger partial charge in [0.1, 0.15) is 0 Å². The first kappa shape index (κ1) is 17.1. The zero-order chi connectivity index (χ0) is 17.2. The number of nitrogens with zero attached hydrogens (tertiary/aromatic N) is 3. The van der Waals surface area contributed by atoms with E-state index < -0.39 is 10.0 Å². The summed E-state index contributed by atoms with van der Waals surface area (Å²) < 4.78 is 27.5. The number of aromatic nitrogens is 1. The average molecular weight is 345 g/mol. The minimum Gasteiger partial charge on any atom is -0.296 e. The first-order valence-electron chi connectivity index (χ1n) is 8.15. The summed E-state index contributed by atoms with van der Waals surface area (Å²) in [5, 5.41) is 0. The Labute approximate surface area is 144 Å². The van der Waals surface area contributed by atoms with Crippen molar-refractivity contribution in [3.8, 4) is 0 Å². The molecular formula is C18H23N3O2S. The Kier molecular flexibility index (Phi) is 4.99. The van der Waals surface area contributed by atoms with E-state index in [4.69, 9.17) is 0 Å². The smallest absolute Gasteiger partial charge is 0.243 e. The van der Waals surface area contributed by atoms with Gasteiger partial charge >= 0.3 is 0 Å². The van der Waals surface area contributed by atoms with Crippen molar-refractivity contribution in [3.63, 3.8) is 0 Å². The lowest BCUT2D eigenvalue weighted by Gasteiger charge is -2.34. The highest BCUT2D eigenvalue weighted by Crippen LogP contribution is 2.22. The molecule has 1 aliphatic rings. The van der Waals surface area contributed by atoms with Crippen molar-refractivity contribution in [2.75, 3.05) is 26.2 Å². The third-order valence-corrected chi connectivity index (χ3v) is 6.49. The second-order valence-electron chi connectivity index (χ2n) is 6.30. The third kappa shape index (κ3) is 3.66.